The maximum atomic E-state index is 14.3. The first-order valence-corrected chi connectivity index (χ1v) is 10.1. The van der Waals surface area contributed by atoms with Crippen LogP contribution < -0.4 is 4.74 Å². The number of carbonyl (C=O) groups excluding carboxylic acids is 1. The molecular weight excluding hydrogens is 379 g/mol. The number of nitrogens with zero attached hydrogens (tertiary/aromatic N) is 2. The summed E-state index contributed by atoms with van der Waals surface area (Å²) in [6.45, 7) is 3.65. The normalized spacial score (nSPS) is 14.5. The average molecular weight is 404 g/mol. The number of hydrogen-bond donors (Lipinski definition) is 0. The van der Waals surface area contributed by atoms with Crippen LogP contribution in [0.15, 0.2) is 72.8 Å². The van der Waals surface area contributed by atoms with Crippen LogP contribution in [0.2, 0.25) is 0 Å². The van der Waals surface area contributed by atoms with Crippen LogP contribution in [0.25, 0.3) is 11.1 Å². The number of halogens is 1. The van der Waals surface area contributed by atoms with Gasteiger partial charge in [-0.05, 0) is 41.5 Å². The van der Waals surface area contributed by atoms with E-state index in [-0.39, 0.29) is 11.7 Å². The molecule has 0 bridgehead atoms. The highest BCUT2D eigenvalue weighted by atomic mass is 19.1. The van der Waals surface area contributed by atoms with Crippen molar-refractivity contribution in [3.8, 4) is 16.9 Å². The van der Waals surface area contributed by atoms with E-state index < -0.39 is 0 Å². The SMILES string of the molecule is COc1ccc(C(=O)N2CCN(Cc3ccccc3-c3ccccc3F)CC2)cc1. The first-order valence-electron chi connectivity index (χ1n) is 10.1. The summed E-state index contributed by atoms with van der Waals surface area (Å²) in [5.41, 5.74) is 3.32. The molecular formula is C25H25FN2O2. The molecule has 4 rings (SSSR count). The van der Waals surface area contributed by atoms with E-state index in [1.807, 2.05) is 47.4 Å². The minimum atomic E-state index is -0.208. The number of hydrogen-bond acceptors (Lipinski definition) is 3. The van der Waals surface area contributed by atoms with Crippen molar-refractivity contribution in [2.24, 2.45) is 0 Å². The molecule has 0 atom stereocenters. The zero-order valence-corrected chi connectivity index (χ0v) is 17.1. The van der Waals surface area contributed by atoms with Crippen molar-refractivity contribution in [2.75, 3.05) is 33.3 Å². The van der Waals surface area contributed by atoms with Gasteiger partial charge in [0.1, 0.15) is 11.6 Å². The molecule has 3 aromatic rings. The van der Waals surface area contributed by atoms with Crippen molar-refractivity contribution in [3.05, 3.63) is 89.7 Å². The van der Waals surface area contributed by atoms with E-state index in [9.17, 15) is 9.18 Å². The third kappa shape index (κ3) is 4.36. The van der Waals surface area contributed by atoms with Crippen LogP contribution in [0.5, 0.6) is 5.75 Å². The molecule has 0 unspecified atom stereocenters. The molecule has 1 amide bonds. The quantitative estimate of drug-likeness (QED) is 0.630. The van der Waals surface area contributed by atoms with Crippen LogP contribution in [0, 0.1) is 5.82 Å². The predicted octanol–water partition coefficient (Wildman–Crippen LogP) is 4.46. The zero-order chi connectivity index (χ0) is 20.9. The third-order valence-electron chi connectivity index (χ3n) is 5.57. The third-order valence-corrected chi connectivity index (χ3v) is 5.57. The van der Waals surface area contributed by atoms with Gasteiger partial charge in [0.05, 0.1) is 7.11 Å². The highest BCUT2D eigenvalue weighted by Crippen LogP contribution is 2.27. The van der Waals surface area contributed by atoms with Gasteiger partial charge in [-0.25, -0.2) is 4.39 Å². The molecule has 1 saturated heterocycles. The van der Waals surface area contributed by atoms with Crippen molar-refractivity contribution >= 4 is 5.91 Å². The molecule has 0 aromatic heterocycles. The highest BCUT2D eigenvalue weighted by molar-refractivity contribution is 5.94. The Hall–Kier alpha value is -3.18. The molecule has 154 valence electrons. The summed E-state index contributed by atoms with van der Waals surface area (Å²) in [5.74, 6) is 0.578. The number of carbonyl (C=O) groups is 1. The maximum Gasteiger partial charge on any atom is 0.253 e. The van der Waals surface area contributed by atoms with Crippen molar-refractivity contribution in [1.29, 1.82) is 0 Å². The first-order chi connectivity index (χ1) is 14.7. The summed E-state index contributed by atoms with van der Waals surface area (Å²) in [5, 5.41) is 0. The first kappa shape index (κ1) is 20.1. The molecule has 0 spiro atoms. The van der Waals surface area contributed by atoms with Crippen LogP contribution >= 0.6 is 0 Å². The van der Waals surface area contributed by atoms with Gasteiger partial charge in [0.25, 0.3) is 5.91 Å². The van der Waals surface area contributed by atoms with E-state index in [1.54, 1.807) is 25.3 Å². The van der Waals surface area contributed by atoms with Gasteiger partial charge in [-0.15, -0.1) is 0 Å². The predicted molar refractivity (Wildman–Crippen MR) is 116 cm³/mol. The lowest BCUT2D eigenvalue weighted by atomic mass is 9.98. The van der Waals surface area contributed by atoms with Gasteiger partial charge in [0.2, 0.25) is 0 Å². The summed E-state index contributed by atoms with van der Waals surface area (Å²) >= 11 is 0. The van der Waals surface area contributed by atoms with Crippen molar-refractivity contribution in [3.63, 3.8) is 0 Å². The van der Waals surface area contributed by atoms with Crippen molar-refractivity contribution in [2.45, 2.75) is 6.54 Å². The Morgan fingerprint density at radius 2 is 1.50 bits per heavy atom. The number of piperazine rings is 1. The molecule has 30 heavy (non-hydrogen) atoms. The molecule has 1 aliphatic heterocycles. The number of rotatable bonds is 5. The molecule has 3 aromatic carbocycles. The number of methoxy groups -OCH3 is 1. The van der Waals surface area contributed by atoms with Gasteiger partial charge in [0, 0.05) is 43.9 Å². The van der Waals surface area contributed by atoms with Crippen LogP contribution in [0.3, 0.4) is 0 Å². The van der Waals surface area contributed by atoms with E-state index in [0.717, 1.165) is 36.5 Å². The standard InChI is InChI=1S/C25H25FN2O2/c1-30-21-12-10-19(11-13-21)25(29)28-16-14-27(15-17-28)18-20-6-2-3-7-22(20)23-8-4-5-9-24(23)26/h2-13H,14-18H2,1H3. The number of ether oxygens (including phenoxy) is 1. The summed E-state index contributed by atoms with van der Waals surface area (Å²) in [4.78, 5) is 17.0. The van der Waals surface area contributed by atoms with Crippen molar-refractivity contribution < 1.29 is 13.9 Å². The summed E-state index contributed by atoms with van der Waals surface area (Å²) < 4.78 is 19.5. The summed E-state index contributed by atoms with van der Waals surface area (Å²) in [7, 11) is 1.61. The molecule has 0 aliphatic carbocycles. The maximum absolute atomic E-state index is 14.3. The monoisotopic (exact) mass is 404 g/mol. The van der Waals surface area contributed by atoms with Crippen LogP contribution in [-0.2, 0) is 6.54 Å². The van der Waals surface area contributed by atoms with Gasteiger partial charge in [-0.1, -0.05) is 42.5 Å². The second-order valence-electron chi connectivity index (χ2n) is 7.43. The van der Waals surface area contributed by atoms with Crippen molar-refractivity contribution in [1.82, 2.24) is 9.80 Å². The Bertz CT molecular complexity index is 1010. The van der Waals surface area contributed by atoms with E-state index in [0.29, 0.717) is 24.2 Å². The molecule has 0 saturated carbocycles. The summed E-state index contributed by atoms with van der Waals surface area (Å²) in [6.07, 6.45) is 0. The molecule has 1 fully saturated rings. The molecule has 4 nitrogen and oxygen atoms in total. The average Bonchev–Trinajstić information content (AvgIpc) is 2.80. The second kappa shape index (κ2) is 9.09. The summed E-state index contributed by atoms with van der Waals surface area (Å²) in [6, 6.07) is 22.1. The molecule has 0 N–H and O–H groups in total. The van der Waals surface area contributed by atoms with Gasteiger partial charge in [0.15, 0.2) is 0 Å². The lowest BCUT2D eigenvalue weighted by Crippen LogP contribution is -2.48. The van der Waals surface area contributed by atoms with Gasteiger partial charge < -0.3 is 9.64 Å². The molecule has 1 heterocycles. The topological polar surface area (TPSA) is 32.8 Å². The van der Waals surface area contributed by atoms with Crippen LogP contribution in [0.1, 0.15) is 15.9 Å². The van der Waals surface area contributed by atoms with Gasteiger partial charge >= 0.3 is 0 Å². The second-order valence-corrected chi connectivity index (χ2v) is 7.43. The smallest absolute Gasteiger partial charge is 0.253 e. The van der Waals surface area contributed by atoms with E-state index in [4.69, 9.17) is 4.74 Å². The Labute approximate surface area is 176 Å². The van der Waals surface area contributed by atoms with E-state index >= 15 is 0 Å². The fourth-order valence-corrected chi connectivity index (χ4v) is 3.87. The lowest BCUT2D eigenvalue weighted by Gasteiger charge is -2.35. The Morgan fingerprint density at radius 1 is 0.867 bits per heavy atom. The minimum Gasteiger partial charge on any atom is -0.497 e. The Morgan fingerprint density at radius 3 is 2.17 bits per heavy atom. The minimum absolute atomic E-state index is 0.0454. The Balaban J connectivity index is 1.41. The number of amides is 1. The molecule has 5 heteroatoms. The fourth-order valence-electron chi connectivity index (χ4n) is 3.87. The highest BCUT2D eigenvalue weighted by Gasteiger charge is 2.23. The lowest BCUT2D eigenvalue weighted by molar-refractivity contribution is 0.0628. The number of benzene rings is 3. The fraction of sp³-hybridized carbons (Fsp3) is 0.240. The van der Waals surface area contributed by atoms with Crippen LogP contribution in [0.4, 0.5) is 4.39 Å². The van der Waals surface area contributed by atoms with E-state index in [1.165, 1.54) is 6.07 Å². The molecule has 1 aliphatic rings. The van der Waals surface area contributed by atoms with Gasteiger partial charge in [-0.2, -0.15) is 0 Å². The largest absolute Gasteiger partial charge is 0.497 e. The zero-order valence-electron chi connectivity index (χ0n) is 17.1. The Kier molecular flexibility index (Phi) is 6.10. The van der Waals surface area contributed by atoms with Crippen LogP contribution in [-0.4, -0.2) is 49.0 Å². The molecule has 0 radical (unpaired) electrons. The van der Waals surface area contributed by atoms with E-state index in [2.05, 4.69) is 11.0 Å². The van der Waals surface area contributed by atoms with Gasteiger partial charge in [-0.3, -0.25) is 9.69 Å².